The zero-order valence-electron chi connectivity index (χ0n) is 31.3. The van der Waals surface area contributed by atoms with E-state index in [2.05, 4.69) is 206 Å². The van der Waals surface area contributed by atoms with Crippen LogP contribution >= 0.6 is 45.3 Å². The first-order valence-corrected chi connectivity index (χ1v) is 22.7. The summed E-state index contributed by atoms with van der Waals surface area (Å²) in [7, 11) is 0. The third-order valence-electron chi connectivity index (χ3n) is 10.8. The summed E-state index contributed by atoms with van der Waals surface area (Å²) < 4.78 is 0. The molecular weight excluding hydrogens is 777 g/mol. The molecule has 0 N–H and O–H groups in total. The monoisotopic (exact) mass is 810 g/mol. The quantitative estimate of drug-likeness (QED) is 0.134. The zero-order valence-corrected chi connectivity index (χ0v) is 34.5. The molecule has 11 rings (SSSR count). The number of fused-ring (bicyclic) bond motifs is 2. The Morgan fingerprint density at radius 2 is 0.466 bits per heavy atom. The summed E-state index contributed by atoms with van der Waals surface area (Å²) in [6, 6.07) is 75.7. The second-order valence-corrected chi connectivity index (χ2v) is 18.7. The Balaban J connectivity index is 1.05. The summed E-state index contributed by atoms with van der Waals surface area (Å²) in [6.45, 7) is 0. The van der Waals surface area contributed by atoms with Gasteiger partial charge in [-0.25, -0.2) is 0 Å². The van der Waals surface area contributed by atoms with Crippen molar-refractivity contribution in [1.29, 1.82) is 0 Å². The second kappa shape index (κ2) is 15.0. The predicted molar refractivity (Wildman–Crippen MR) is 256 cm³/mol. The first kappa shape index (κ1) is 35.1. The molecule has 7 aromatic carbocycles. The lowest BCUT2D eigenvalue weighted by molar-refractivity contribution is 1.65. The van der Waals surface area contributed by atoms with Crippen LogP contribution in [-0.2, 0) is 0 Å². The van der Waals surface area contributed by atoms with Crippen molar-refractivity contribution < 1.29 is 0 Å². The van der Waals surface area contributed by atoms with Crippen LogP contribution in [0, 0.1) is 0 Å². The Kier molecular flexibility index (Phi) is 9.06. The summed E-state index contributed by atoms with van der Waals surface area (Å²) in [6.07, 6.45) is 0. The Morgan fingerprint density at radius 3 is 0.793 bits per heavy atom. The van der Waals surface area contributed by atoms with Crippen molar-refractivity contribution >= 4 is 66.9 Å². The van der Waals surface area contributed by atoms with Gasteiger partial charge in [-0.05, 0) is 127 Å². The van der Waals surface area contributed by atoms with Gasteiger partial charge < -0.3 is 0 Å². The molecule has 4 heterocycles. The molecule has 0 bridgehead atoms. The number of hydrogen-bond donors (Lipinski definition) is 0. The molecule has 274 valence electrons. The van der Waals surface area contributed by atoms with Gasteiger partial charge in [0.05, 0.1) is 0 Å². The van der Waals surface area contributed by atoms with E-state index >= 15 is 0 Å². The molecule has 0 aliphatic rings. The average Bonchev–Trinajstić information content (AvgIpc) is 4.14. The summed E-state index contributed by atoms with van der Waals surface area (Å²) in [4.78, 5) is 10.4. The Bertz CT molecular complexity index is 2980. The third-order valence-corrected chi connectivity index (χ3v) is 15.8. The van der Waals surface area contributed by atoms with E-state index in [0.717, 1.165) is 0 Å². The highest BCUT2D eigenvalue weighted by Gasteiger charge is 2.20. The third kappa shape index (κ3) is 6.45. The molecule has 0 atom stereocenters. The van der Waals surface area contributed by atoms with Gasteiger partial charge in [0.15, 0.2) is 0 Å². The van der Waals surface area contributed by atoms with Crippen LogP contribution in [0.2, 0.25) is 0 Å². The van der Waals surface area contributed by atoms with Gasteiger partial charge in [0.25, 0.3) is 0 Å². The van der Waals surface area contributed by atoms with Crippen LogP contribution in [-0.4, -0.2) is 0 Å². The molecule has 0 nitrogen and oxygen atoms in total. The fourth-order valence-corrected chi connectivity index (χ4v) is 12.3. The van der Waals surface area contributed by atoms with Crippen molar-refractivity contribution in [2.75, 3.05) is 0 Å². The summed E-state index contributed by atoms with van der Waals surface area (Å²) in [5, 5.41) is 5.07. The van der Waals surface area contributed by atoms with Crippen molar-refractivity contribution in [1.82, 2.24) is 0 Å². The largest absolute Gasteiger partial charge is 0.134 e. The van der Waals surface area contributed by atoms with Crippen molar-refractivity contribution in [3.8, 4) is 83.5 Å². The summed E-state index contributed by atoms with van der Waals surface area (Å²) in [5.41, 5.74) is 10.0. The Hall–Kier alpha value is -6.14. The molecule has 0 aliphatic carbocycles. The maximum Gasteiger partial charge on any atom is 0.0449 e. The average molecular weight is 811 g/mol. The van der Waals surface area contributed by atoms with E-state index in [-0.39, 0.29) is 0 Å². The van der Waals surface area contributed by atoms with Crippen molar-refractivity contribution in [3.05, 3.63) is 206 Å². The molecule has 0 fully saturated rings. The molecule has 0 radical (unpaired) electrons. The van der Waals surface area contributed by atoms with Crippen molar-refractivity contribution in [2.24, 2.45) is 0 Å². The highest BCUT2D eigenvalue weighted by Crippen LogP contribution is 2.48. The second-order valence-electron chi connectivity index (χ2n) is 14.4. The van der Waals surface area contributed by atoms with Crippen LogP contribution in [0.4, 0.5) is 0 Å². The molecule has 0 spiro atoms. The van der Waals surface area contributed by atoms with Crippen molar-refractivity contribution in [3.63, 3.8) is 0 Å². The topological polar surface area (TPSA) is 0 Å². The van der Waals surface area contributed by atoms with E-state index in [9.17, 15) is 0 Å². The van der Waals surface area contributed by atoms with Crippen LogP contribution < -0.4 is 0 Å². The maximum absolute atomic E-state index is 2.44. The van der Waals surface area contributed by atoms with E-state index in [4.69, 9.17) is 0 Å². The van der Waals surface area contributed by atoms with E-state index in [1.54, 1.807) is 0 Å². The maximum atomic E-state index is 2.44. The van der Waals surface area contributed by atoms with Crippen LogP contribution in [0.15, 0.2) is 206 Å². The van der Waals surface area contributed by atoms with Gasteiger partial charge >= 0.3 is 0 Å². The van der Waals surface area contributed by atoms with Gasteiger partial charge in [-0.15, -0.1) is 45.3 Å². The zero-order chi connectivity index (χ0) is 38.4. The molecule has 4 heteroatoms. The van der Waals surface area contributed by atoms with E-state index in [1.165, 1.54) is 105 Å². The van der Waals surface area contributed by atoms with Crippen LogP contribution in [0.1, 0.15) is 0 Å². The lowest BCUT2D eigenvalue weighted by atomic mass is 9.84. The summed E-state index contributed by atoms with van der Waals surface area (Å²) in [5.74, 6) is 0. The molecule has 0 saturated carbocycles. The SMILES string of the molecule is c1ccc(-c2ccc(-c3ccc(-c4ccc5c(-c6ccccc6)c6cc(-c7ccc(-c8ccc(-c9ccccc9)s8)s7)ccc6c(-c6ccccc6)c5c4)s3)s2)cc1. The minimum atomic E-state index is 1.23. The minimum absolute atomic E-state index is 1.23. The first-order valence-electron chi connectivity index (χ1n) is 19.4. The molecule has 58 heavy (non-hydrogen) atoms. The van der Waals surface area contributed by atoms with E-state index in [1.807, 2.05) is 45.3 Å². The molecule has 4 aromatic heterocycles. The number of thiophene rings is 4. The highest BCUT2D eigenvalue weighted by molar-refractivity contribution is 7.25. The number of rotatable bonds is 8. The normalized spacial score (nSPS) is 11.4. The summed E-state index contributed by atoms with van der Waals surface area (Å²) >= 11 is 7.47. The predicted octanol–water partition coefficient (Wildman–Crippen LogP) is 17.6. The molecular formula is C54H34S4. The van der Waals surface area contributed by atoms with Gasteiger partial charge in [0.2, 0.25) is 0 Å². The van der Waals surface area contributed by atoms with Crippen LogP contribution in [0.5, 0.6) is 0 Å². The molecule has 0 amide bonds. The lowest BCUT2D eigenvalue weighted by Gasteiger charge is -2.19. The molecule has 0 aliphatic heterocycles. The number of hydrogen-bond acceptors (Lipinski definition) is 4. The van der Waals surface area contributed by atoms with Gasteiger partial charge in [-0.1, -0.05) is 146 Å². The standard InChI is InChI=1S/C54H34S4/c1-5-13-35(14-6-1)45-25-29-49(55-45)51-31-27-47(57-51)39-21-23-41-43(33-39)53(37-17-9-3-10-18-37)42-24-22-40(34-44(42)54(41)38-19-11-4-12-20-38)48-28-32-52(58-48)50-30-26-46(56-50)36-15-7-2-8-16-36/h1-34H. The van der Waals surface area contributed by atoms with Crippen LogP contribution in [0.25, 0.3) is 105 Å². The van der Waals surface area contributed by atoms with Gasteiger partial charge in [-0.3, -0.25) is 0 Å². The van der Waals surface area contributed by atoms with Crippen LogP contribution in [0.3, 0.4) is 0 Å². The van der Waals surface area contributed by atoms with E-state index < -0.39 is 0 Å². The fourth-order valence-electron chi connectivity index (χ4n) is 8.07. The highest BCUT2D eigenvalue weighted by atomic mass is 32.1. The Labute approximate surface area is 354 Å². The van der Waals surface area contributed by atoms with E-state index in [0.29, 0.717) is 0 Å². The van der Waals surface area contributed by atoms with Gasteiger partial charge in [-0.2, -0.15) is 0 Å². The molecule has 0 unspecified atom stereocenters. The smallest absolute Gasteiger partial charge is 0.0449 e. The molecule has 0 saturated heterocycles. The van der Waals surface area contributed by atoms with Gasteiger partial charge in [0.1, 0.15) is 0 Å². The van der Waals surface area contributed by atoms with Crippen molar-refractivity contribution in [2.45, 2.75) is 0 Å². The molecule has 11 aromatic rings. The van der Waals surface area contributed by atoms with Gasteiger partial charge in [0, 0.05) is 39.0 Å². The fraction of sp³-hybridized carbons (Fsp3) is 0. The minimum Gasteiger partial charge on any atom is -0.134 e. The lowest BCUT2D eigenvalue weighted by Crippen LogP contribution is -1.92. The Morgan fingerprint density at radius 1 is 0.190 bits per heavy atom. The first-order chi connectivity index (χ1) is 28.7. The number of benzene rings is 7.